The number of fused-ring (bicyclic) bond motifs is 1. The predicted octanol–water partition coefficient (Wildman–Crippen LogP) is 7.60. The van der Waals surface area contributed by atoms with E-state index in [-0.39, 0.29) is 18.4 Å². The number of nitrogens with one attached hydrogen (secondary N) is 1. The zero-order chi connectivity index (χ0) is 33.0. The number of hydrogen-bond donors (Lipinski definition) is 1. The molecule has 12 heteroatoms. The summed E-state index contributed by atoms with van der Waals surface area (Å²) in [7, 11) is 1.63. The molecule has 6 rings (SSSR count). The van der Waals surface area contributed by atoms with Gasteiger partial charge in [-0.2, -0.15) is 9.97 Å². The van der Waals surface area contributed by atoms with E-state index in [4.69, 9.17) is 29.7 Å². The fourth-order valence-corrected chi connectivity index (χ4v) is 6.48. The maximum atomic E-state index is 16.1. The fourth-order valence-electron chi connectivity index (χ4n) is 6.48. The monoisotopic (exact) mass is 636 g/mol. The third kappa shape index (κ3) is 5.60. The van der Waals surface area contributed by atoms with E-state index in [9.17, 15) is 0 Å². The second kappa shape index (κ2) is 13.3. The van der Waals surface area contributed by atoms with Crippen molar-refractivity contribution in [1.29, 1.82) is 0 Å². The largest absolute Gasteiger partial charge is 0.497 e. The first-order valence-corrected chi connectivity index (χ1v) is 15.6. The summed E-state index contributed by atoms with van der Waals surface area (Å²) in [6.45, 7) is 5.87. The van der Waals surface area contributed by atoms with Gasteiger partial charge >= 0.3 is 0 Å². The third-order valence-corrected chi connectivity index (χ3v) is 9.12. The van der Waals surface area contributed by atoms with Crippen molar-refractivity contribution in [3.8, 4) is 11.6 Å². The number of hydrogen-bond acceptors (Lipinski definition) is 8. The van der Waals surface area contributed by atoms with Crippen LogP contribution in [0, 0.1) is 5.92 Å². The SMILES string of the molecule is CCOc1nc(NC(c2ccccc2)(c2ccccc2)c2ccc(OC)cc2)nc2c1ncn2[C@@H]1O[C@@](CC)(CN=[N+]=[N-])[C@@H](C)[C@H]1F. The van der Waals surface area contributed by atoms with Gasteiger partial charge in [0.15, 0.2) is 23.6 Å². The number of rotatable bonds is 12. The molecule has 4 atom stereocenters. The van der Waals surface area contributed by atoms with Crippen molar-refractivity contribution in [2.75, 3.05) is 25.6 Å². The molecule has 1 fully saturated rings. The van der Waals surface area contributed by atoms with Gasteiger partial charge in [-0.15, -0.1) is 0 Å². The fraction of sp³-hybridized carbons (Fsp3) is 0.343. The Bertz CT molecular complexity index is 1830. The number of halogens is 1. The lowest BCUT2D eigenvalue weighted by atomic mass is 9.77. The number of benzene rings is 3. The van der Waals surface area contributed by atoms with Crippen LogP contribution in [0.25, 0.3) is 21.6 Å². The highest BCUT2D eigenvalue weighted by molar-refractivity contribution is 5.78. The molecule has 242 valence electrons. The van der Waals surface area contributed by atoms with Gasteiger partial charge in [-0.3, -0.25) is 4.57 Å². The molecule has 0 spiro atoms. The molecule has 11 nitrogen and oxygen atoms in total. The Labute approximate surface area is 272 Å². The van der Waals surface area contributed by atoms with Crippen LogP contribution < -0.4 is 14.8 Å². The number of aromatic nitrogens is 4. The molecule has 0 unspecified atom stereocenters. The highest BCUT2D eigenvalue weighted by atomic mass is 19.1. The minimum Gasteiger partial charge on any atom is -0.497 e. The summed E-state index contributed by atoms with van der Waals surface area (Å²) in [5.74, 6) is 0.661. The molecule has 0 bridgehead atoms. The quantitative estimate of drug-likeness (QED) is 0.0645. The maximum absolute atomic E-state index is 16.1. The van der Waals surface area contributed by atoms with Gasteiger partial charge in [-0.1, -0.05) is 91.8 Å². The van der Waals surface area contributed by atoms with Crippen LogP contribution in [-0.4, -0.2) is 51.6 Å². The average Bonchev–Trinajstić information content (AvgIpc) is 3.65. The highest BCUT2D eigenvalue weighted by Gasteiger charge is 2.53. The van der Waals surface area contributed by atoms with Crippen LogP contribution in [0.1, 0.15) is 50.1 Å². The Balaban J connectivity index is 1.54. The number of imidazole rings is 1. The normalized spacial score (nSPS) is 20.9. The lowest BCUT2D eigenvalue weighted by Gasteiger charge is -2.37. The molecule has 1 aliphatic rings. The molecule has 0 amide bonds. The molecule has 0 aliphatic carbocycles. The Morgan fingerprint density at radius 3 is 2.21 bits per heavy atom. The summed E-state index contributed by atoms with van der Waals surface area (Å²) in [6, 6.07) is 27.9. The number of azide groups is 1. The summed E-state index contributed by atoms with van der Waals surface area (Å²) in [5.41, 5.74) is 10.6. The minimum absolute atomic E-state index is 0.00916. The van der Waals surface area contributed by atoms with Crippen LogP contribution in [0.3, 0.4) is 0 Å². The van der Waals surface area contributed by atoms with Crippen molar-refractivity contribution >= 4 is 17.1 Å². The smallest absolute Gasteiger partial charge is 0.247 e. The Kier molecular flexibility index (Phi) is 8.97. The second-order valence-electron chi connectivity index (χ2n) is 11.5. The Morgan fingerprint density at radius 2 is 1.64 bits per heavy atom. The van der Waals surface area contributed by atoms with Crippen LogP contribution >= 0.6 is 0 Å². The van der Waals surface area contributed by atoms with E-state index in [2.05, 4.69) is 20.3 Å². The van der Waals surface area contributed by atoms with Gasteiger partial charge in [0.05, 0.1) is 32.2 Å². The van der Waals surface area contributed by atoms with E-state index in [0.717, 1.165) is 22.4 Å². The van der Waals surface area contributed by atoms with Gasteiger partial charge in [0.25, 0.3) is 0 Å². The first-order valence-electron chi connectivity index (χ1n) is 15.6. The molecular weight excluding hydrogens is 599 g/mol. The van der Waals surface area contributed by atoms with E-state index in [1.54, 1.807) is 18.6 Å². The molecule has 1 aliphatic heterocycles. The second-order valence-corrected chi connectivity index (χ2v) is 11.5. The van der Waals surface area contributed by atoms with E-state index < -0.39 is 29.5 Å². The number of ether oxygens (including phenoxy) is 3. The lowest BCUT2D eigenvalue weighted by molar-refractivity contribution is -0.0828. The van der Waals surface area contributed by atoms with E-state index in [1.807, 2.05) is 98.8 Å². The zero-order valence-electron chi connectivity index (χ0n) is 26.7. The molecule has 0 radical (unpaired) electrons. The van der Waals surface area contributed by atoms with Crippen molar-refractivity contribution in [2.24, 2.45) is 11.0 Å². The molecule has 3 aromatic carbocycles. The van der Waals surface area contributed by atoms with Crippen LogP contribution in [0.15, 0.2) is 96.4 Å². The summed E-state index contributed by atoms with van der Waals surface area (Å²) in [6.07, 6.45) is -0.521. The lowest BCUT2D eigenvalue weighted by Crippen LogP contribution is -2.38. The predicted molar refractivity (Wildman–Crippen MR) is 177 cm³/mol. The highest BCUT2D eigenvalue weighted by Crippen LogP contribution is 2.47. The number of alkyl halides is 1. The molecule has 1 N–H and O–H groups in total. The number of anilines is 1. The Morgan fingerprint density at radius 1 is 1.00 bits per heavy atom. The van der Waals surface area contributed by atoms with Gasteiger partial charge < -0.3 is 19.5 Å². The summed E-state index contributed by atoms with van der Waals surface area (Å²) >= 11 is 0. The van der Waals surface area contributed by atoms with E-state index in [1.165, 1.54) is 6.33 Å². The summed E-state index contributed by atoms with van der Waals surface area (Å²) in [4.78, 5) is 17.2. The Hall–Kier alpha value is -5.19. The molecule has 0 saturated carbocycles. The minimum atomic E-state index is -1.42. The van der Waals surface area contributed by atoms with Crippen molar-refractivity contribution < 1.29 is 18.6 Å². The average molecular weight is 637 g/mol. The topological polar surface area (TPSA) is 132 Å². The van der Waals surface area contributed by atoms with Crippen molar-refractivity contribution in [2.45, 2.75) is 50.7 Å². The molecule has 1 saturated heterocycles. The molecule has 2 aromatic heterocycles. The number of methoxy groups -OCH3 is 1. The maximum Gasteiger partial charge on any atom is 0.247 e. The van der Waals surface area contributed by atoms with Gasteiger partial charge in [0, 0.05) is 10.8 Å². The molecule has 3 heterocycles. The number of nitrogens with zero attached hydrogens (tertiary/aromatic N) is 7. The molecule has 47 heavy (non-hydrogen) atoms. The van der Waals surface area contributed by atoms with Crippen molar-refractivity contribution in [1.82, 2.24) is 19.5 Å². The van der Waals surface area contributed by atoms with Crippen LogP contribution in [0.4, 0.5) is 10.3 Å². The van der Waals surface area contributed by atoms with E-state index >= 15 is 4.39 Å². The van der Waals surface area contributed by atoms with Gasteiger partial charge in [0.2, 0.25) is 11.8 Å². The summed E-state index contributed by atoms with van der Waals surface area (Å²) in [5, 5.41) is 7.43. The van der Waals surface area contributed by atoms with Crippen molar-refractivity contribution in [3.63, 3.8) is 0 Å². The standard InChI is InChI=1S/C35H37FN8O3/c1-5-34(21-39-43-37)23(3)28(36)32(47-34)44-22-38-29-30(44)40-33(41-31(29)46-6-2)42-35(24-13-9-7-10-14-24,25-15-11-8-12-16-25)26-17-19-27(45-4)20-18-26/h7-20,22-23,28,32H,5-6,21H2,1-4H3,(H,40,41,42)/t23-,28+,32+,34-/m0/s1. The zero-order valence-corrected chi connectivity index (χ0v) is 26.7. The van der Waals surface area contributed by atoms with Crippen LogP contribution in [0.5, 0.6) is 11.6 Å². The molecular formula is C35H37FN8O3. The first-order chi connectivity index (χ1) is 22.9. The van der Waals surface area contributed by atoms with Crippen LogP contribution in [0.2, 0.25) is 0 Å². The van der Waals surface area contributed by atoms with Crippen molar-refractivity contribution in [3.05, 3.63) is 118 Å². The van der Waals surface area contributed by atoms with Gasteiger partial charge in [-0.05, 0) is 47.7 Å². The molecule has 5 aromatic rings. The van der Waals surface area contributed by atoms with Gasteiger partial charge in [0.1, 0.15) is 11.3 Å². The van der Waals surface area contributed by atoms with E-state index in [0.29, 0.717) is 24.2 Å². The van der Waals surface area contributed by atoms with Crippen LogP contribution in [-0.2, 0) is 10.3 Å². The third-order valence-electron chi connectivity index (χ3n) is 9.12. The summed E-state index contributed by atoms with van der Waals surface area (Å²) < 4.78 is 35.6. The first kappa shape index (κ1) is 31.8. The van der Waals surface area contributed by atoms with Gasteiger partial charge in [-0.25, -0.2) is 9.37 Å².